The fraction of sp³-hybridized carbons (Fsp3) is 0.360. The van der Waals surface area contributed by atoms with E-state index in [-0.39, 0.29) is 50.5 Å². The molecule has 0 atom stereocenters. The van der Waals surface area contributed by atoms with Crippen LogP contribution in [0.1, 0.15) is 46.9 Å². The van der Waals surface area contributed by atoms with Gasteiger partial charge < -0.3 is 9.47 Å². The van der Waals surface area contributed by atoms with E-state index < -0.39 is 17.6 Å². The molecule has 2 heterocycles. The predicted octanol–water partition coefficient (Wildman–Crippen LogP) is 6.68. The number of fused-ring (bicyclic) bond motifs is 1. The third-order valence-corrected chi connectivity index (χ3v) is 7.46. The molecular weight excluding hydrogens is 507 g/mol. The lowest BCUT2D eigenvalue weighted by Gasteiger charge is -2.31. The summed E-state index contributed by atoms with van der Waals surface area (Å²) in [6.07, 6.45) is -3.43. The second-order valence-corrected chi connectivity index (χ2v) is 9.61. The maximum absolute atomic E-state index is 14.5. The number of aryl methyl sites for hydroxylation is 1. The molecule has 4 nitrogen and oxygen atoms in total. The first-order chi connectivity index (χ1) is 16.4. The molecule has 4 rings (SSSR count). The van der Waals surface area contributed by atoms with Crippen molar-refractivity contribution in [1.29, 1.82) is 0 Å². The molecule has 0 saturated carbocycles. The van der Waals surface area contributed by atoms with Gasteiger partial charge >= 0.3 is 6.18 Å². The van der Waals surface area contributed by atoms with E-state index in [1.807, 2.05) is 0 Å². The maximum atomic E-state index is 14.5. The highest BCUT2D eigenvalue weighted by Gasteiger charge is 2.32. The van der Waals surface area contributed by atoms with Crippen molar-refractivity contribution < 1.29 is 27.2 Å². The summed E-state index contributed by atoms with van der Waals surface area (Å²) < 4.78 is 55.4. The smallest absolute Gasteiger partial charge is 0.347 e. The summed E-state index contributed by atoms with van der Waals surface area (Å²) in [5.41, 5.74) is 0.151. The monoisotopic (exact) mass is 528 g/mol. The van der Waals surface area contributed by atoms with Gasteiger partial charge in [-0.25, -0.2) is 4.39 Å². The van der Waals surface area contributed by atoms with Crippen LogP contribution in [0.4, 0.5) is 17.6 Å². The molecule has 1 aromatic heterocycles. The van der Waals surface area contributed by atoms with Crippen LogP contribution in [-0.4, -0.2) is 34.2 Å². The lowest BCUT2D eigenvalue weighted by Crippen LogP contribution is -2.40. The van der Waals surface area contributed by atoms with E-state index in [4.69, 9.17) is 23.2 Å². The zero-order chi connectivity index (χ0) is 25.7. The van der Waals surface area contributed by atoms with Crippen molar-refractivity contribution in [3.63, 3.8) is 0 Å². The number of carbonyl (C=O) groups excluding carboxylic acids is 2. The number of likely N-dealkylation sites (tertiary alicyclic amines) is 1. The largest absolute Gasteiger partial charge is 0.416 e. The molecule has 0 aliphatic carbocycles. The molecule has 186 valence electrons. The Bertz CT molecular complexity index is 1330. The quantitative estimate of drug-likeness (QED) is 0.354. The topological polar surface area (TPSA) is 42.3 Å². The first kappa shape index (κ1) is 25.5. The number of amides is 1. The van der Waals surface area contributed by atoms with E-state index in [9.17, 15) is 27.2 Å². The Hall–Kier alpha value is -2.58. The Balaban J connectivity index is 1.66. The van der Waals surface area contributed by atoms with Gasteiger partial charge in [0, 0.05) is 48.6 Å². The number of aromatic nitrogens is 1. The van der Waals surface area contributed by atoms with Crippen LogP contribution in [0.5, 0.6) is 0 Å². The Kier molecular flexibility index (Phi) is 6.90. The molecule has 0 bridgehead atoms. The van der Waals surface area contributed by atoms with Crippen LogP contribution in [0.25, 0.3) is 10.9 Å². The molecule has 35 heavy (non-hydrogen) atoms. The van der Waals surface area contributed by atoms with Crippen LogP contribution >= 0.6 is 23.2 Å². The van der Waals surface area contributed by atoms with E-state index >= 15 is 0 Å². The second kappa shape index (κ2) is 9.47. The molecule has 0 N–H and O–H groups in total. The molecule has 10 heteroatoms. The second-order valence-electron chi connectivity index (χ2n) is 8.82. The Morgan fingerprint density at radius 2 is 1.74 bits per heavy atom. The van der Waals surface area contributed by atoms with E-state index in [1.165, 1.54) is 23.7 Å². The zero-order valence-corrected chi connectivity index (χ0v) is 20.5. The van der Waals surface area contributed by atoms with Gasteiger partial charge in [-0.2, -0.15) is 13.2 Å². The molecule has 1 aliphatic rings. The van der Waals surface area contributed by atoms with Gasteiger partial charge in [0.1, 0.15) is 11.6 Å². The van der Waals surface area contributed by atoms with Crippen LogP contribution in [0, 0.1) is 11.7 Å². The standard InChI is InChI=1S/C25H22Cl2F4N2O2/c1-13(34)14-5-7-33(8-6-14)24(35)17-3-4-20(26)18(23(17)27)11-16-12-19-21(28)9-15(25(29,30)31)10-22(19)32(16)2/h3-4,9-10,12,14H,5-8,11H2,1-2H3. The first-order valence-corrected chi connectivity index (χ1v) is 11.8. The summed E-state index contributed by atoms with van der Waals surface area (Å²) in [6, 6.07) is 5.91. The van der Waals surface area contributed by atoms with Gasteiger partial charge in [0.05, 0.1) is 21.7 Å². The van der Waals surface area contributed by atoms with Crippen LogP contribution in [0.15, 0.2) is 30.3 Å². The molecular formula is C25H22Cl2F4N2O2. The van der Waals surface area contributed by atoms with E-state index in [1.54, 1.807) is 17.9 Å². The molecule has 2 aromatic carbocycles. The third-order valence-electron chi connectivity index (χ3n) is 6.67. The fourth-order valence-corrected chi connectivity index (χ4v) is 5.13. The zero-order valence-electron chi connectivity index (χ0n) is 19.0. The number of hydrogen-bond donors (Lipinski definition) is 0. The molecule has 1 amide bonds. The van der Waals surface area contributed by atoms with Gasteiger partial charge in [-0.3, -0.25) is 9.59 Å². The average molecular weight is 529 g/mol. The van der Waals surface area contributed by atoms with Gasteiger partial charge in [-0.05, 0) is 55.7 Å². The van der Waals surface area contributed by atoms with Gasteiger partial charge in [0.2, 0.25) is 0 Å². The van der Waals surface area contributed by atoms with Crippen molar-refractivity contribution in [2.75, 3.05) is 13.1 Å². The minimum atomic E-state index is -4.68. The van der Waals surface area contributed by atoms with Crippen molar-refractivity contribution in [2.45, 2.75) is 32.4 Å². The van der Waals surface area contributed by atoms with E-state index in [0.717, 1.165) is 6.07 Å². The van der Waals surface area contributed by atoms with Crippen LogP contribution in [-0.2, 0) is 24.4 Å². The molecule has 0 radical (unpaired) electrons. The number of Topliss-reactive ketones (excluding diaryl/α,β-unsaturated/α-hetero) is 1. The number of ketones is 1. The lowest BCUT2D eigenvalue weighted by molar-refractivity contribution is -0.137. The highest BCUT2D eigenvalue weighted by atomic mass is 35.5. The first-order valence-electron chi connectivity index (χ1n) is 11.0. The summed E-state index contributed by atoms with van der Waals surface area (Å²) in [4.78, 5) is 26.4. The summed E-state index contributed by atoms with van der Waals surface area (Å²) in [7, 11) is 1.53. The summed E-state index contributed by atoms with van der Waals surface area (Å²) in [6.45, 7) is 2.41. The van der Waals surface area contributed by atoms with E-state index in [2.05, 4.69) is 0 Å². The number of rotatable bonds is 4. The van der Waals surface area contributed by atoms with Crippen molar-refractivity contribution in [2.24, 2.45) is 13.0 Å². The van der Waals surface area contributed by atoms with Crippen molar-refractivity contribution in [1.82, 2.24) is 9.47 Å². The Labute approximate surface area is 209 Å². The summed E-state index contributed by atoms with van der Waals surface area (Å²) >= 11 is 13.0. The van der Waals surface area contributed by atoms with Gasteiger partial charge in [-0.15, -0.1) is 0 Å². The van der Waals surface area contributed by atoms with Crippen molar-refractivity contribution >= 4 is 45.8 Å². The van der Waals surface area contributed by atoms with Crippen LogP contribution in [0.2, 0.25) is 10.0 Å². The summed E-state index contributed by atoms with van der Waals surface area (Å²) in [5.74, 6) is -1.21. The SMILES string of the molecule is CC(=O)C1CCN(C(=O)c2ccc(Cl)c(Cc3cc4c(F)cc(C(F)(F)F)cc4n3C)c2Cl)CC1. The predicted molar refractivity (Wildman–Crippen MR) is 126 cm³/mol. The maximum Gasteiger partial charge on any atom is 0.416 e. The normalized spacial score (nSPS) is 15.1. The summed E-state index contributed by atoms with van der Waals surface area (Å²) in [5, 5.41) is 0.463. The molecule has 0 spiro atoms. The number of carbonyl (C=O) groups is 2. The van der Waals surface area contributed by atoms with Gasteiger partial charge in [0.25, 0.3) is 5.91 Å². The van der Waals surface area contributed by atoms with Crippen LogP contribution < -0.4 is 0 Å². The number of hydrogen-bond acceptors (Lipinski definition) is 2. The van der Waals surface area contributed by atoms with Crippen LogP contribution in [0.3, 0.4) is 0 Å². The minimum Gasteiger partial charge on any atom is -0.347 e. The average Bonchev–Trinajstić information content (AvgIpc) is 3.11. The van der Waals surface area contributed by atoms with Gasteiger partial charge in [-0.1, -0.05) is 23.2 Å². The van der Waals surface area contributed by atoms with Crippen molar-refractivity contribution in [3.05, 3.63) is 68.6 Å². The third kappa shape index (κ3) is 4.91. The van der Waals surface area contributed by atoms with Crippen molar-refractivity contribution in [3.8, 4) is 0 Å². The molecule has 1 saturated heterocycles. The molecule has 1 fully saturated rings. The highest BCUT2D eigenvalue weighted by molar-refractivity contribution is 6.38. The van der Waals surface area contributed by atoms with Gasteiger partial charge in [0.15, 0.2) is 0 Å². The molecule has 1 aliphatic heterocycles. The lowest BCUT2D eigenvalue weighted by atomic mass is 9.93. The number of halogens is 6. The number of alkyl halides is 3. The molecule has 3 aromatic rings. The minimum absolute atomic E-state index is 0.0447. The number of benzene rings is 2. The number of nitrogens with zero attached hydrogens (tertiary/aromatic N) is 2. The highest BCUT2D eigenvalue weighted by Crippen LogP contribution is 2.36. The Morgan fingerprint density at radius 1 is 1.09 bits per heavy atom. The fourth-order valence-electron chi connectivity index (χ4n) is 4.54. The molecule has 0 unspecified atom stereocenters. The number of piperidine rings is 1. The Morgan fingerprint density at radius 3 is 2.34 bits per heavy atom. The van der Waals surface area contributed by atoms with E-state index in [0.29, 0.717) is 43.3 Å².